The second kappa shape index (κ2) is 7.93. The number of allylic oxidation sites excluding steroid dienone is 1. The van der Waals surface area contributed by atoms with E-state index in [0.717, 1.165) is 16.5 Å². The molecule has 0 aliphatic carbocycles. The van der Waals surface area contributed by atoms with Crippen LogP contribution in [0.4, 0.5) is 0 Å². The molecule has 0 atom stereocenters. The number of rotatable bonds is 6. The Morgan fingerprint density at radius 3 is 2.50 bits per heavy atom. The van der Waals surface area contributed by atoms with Crippen LogP contribution in [0.15, 0.2) is 35.9 Å². The van der Waals surface area contributed by atoms with Crippen LogP contribution in [0, 0.1) is 0 Å². The SMILES string of the molecule is CC=C(C)COC(=O)COc1ccc(CBr)cc1. The van der Waals surface area contributed by atoms with E-state index >= 15 is 0 Å². The van der Waals surface area contributed by atoms with E-state index in [4.69, 9.17) is 9.47 Å². The summed E-state index contributed by atoms with van der Waals surface area (Å²) in [5.41, 5.74) is 2.18. The third kappa shape index (κ3) is 5.36. The zero-order chi connectivity index (χ0) is 13.4. The molecule has 0 bridgehead atoms. The Morgan fingerprint density at radius 2 is 1.94 bits per heavy atom. The highest BCUT2D eigenvalue weighted by molar-refractivity contribution is 9.08. The second-order valence-electron chi connectivity index (χ2n) is 3.86. The maximum Gasteiger partial charge on any atom is 0.344 e. The number of alkyl halides is 1. The summed E-state index contributed by atoms with van der Waals surface area (Å²) in [7, 11) is 0. The molecule has 98 valence electrons. The van der Waals surface area contributed by atoms with Gasteiger partial charge in [0.1, 0.15) is 12.4 Å². The van der Waals surface area contributed by atoms with E-state index in [1.165, 1.54) is 0 Å². The summed E-state index contributed by atoms with van der Waals surface area (Å²) < 4.78 is 10.3. The van der Waals surface area contributed by atoms with Gasteiger partial charge in [-0.25, -0.2) is 4.79 Å². The van der Waals surface area contributed by atoms with Crippen LogP contribution in [-0.2, 0) is 14.9 Å². The number of carbonyl (C=O) groups is 1. The lowest BCUT2D eigenvalue weighted by atomic mass is 10.2. The Balaban J connectivity index is 2.33. The lowest BCUT2D eigenvalue weighted by Gasteiger charge is -2.07. The van der Waals surface area contributed by atoms with Crippen molar-refractivity contribution in [3.05, 3.63) is 41.5 Å². The second-order valence-corrected chi connectivity index (χ2v) is 4.42. The Morgan fingerprint density at radius 1 is 1.28 bits per heavy atom. The summed E-state index contributed by atoms with van der Waals surface area (Å²) in [6, 6.07) is 7.56. The molecule has 0 saturated carbocycles. The van der Waals surface area contributed by atoms with Crippen LogP contribution in [0.5, 0.6) is 5.75 Å². The molecule has 0 saturated heterocycles. The van der Waals surface area contributed by atoms with Gasteiger partial charge in [-0.05, 0) is 37.1 Å². The number of hydrogen-bond donors (Lipinski definition) is 0. The fourth-order valence-corrected chi connectivity index (χ4v) is 1.51. The smallest absolute Gasteiger partial charge is 0.344 e. The predicted molar refractivity (Wildman–Crippen MR) is 75.0 cm³/mol. The van der Waals surface area contributed by atoms with Gasteiger partial charge in [0.25, 0.3) is 0 Å². The van der Waals surface area contributed by atoms with Crippen LogP contribution in [0.3, 0.4) is 0 Å². The number of halogens is 1. The van der Waals surface area contributed by atoms with Crippen LogP contribution < -0.4 is 4.74 Å². The molecule has 0 N–H and O–H groups in total. The Hall–Kier alpha value is -1.29. The zero-order valence-electron chi connectivity index (χ0n) is 10.6. The van der Waals surface area contributed by atoms with Gasteiger partial charge < -0.3 is 9.47 Å². The summed E-state index contributed by atoms with van der Waals surface area (Å²) in [5.74, 6) is 0.306. The van der Waals surface area contributed by atoms with Crippen molar-refractivity contribution in [3.63, 3.8) is 0 Å². The average Bonchev–Trinajstić information content (AvgIpc) is 2.42. The first-order chi connectivity index (χ1) is 8.65. The van der Waals surface area contributed by atoms with Gasteiger partial charge in [-0.1, -0.05) is 34.1 Å². The average molecular weight is 313 g/mol. The third-order valence-electron chi connectivity index (χ3n) is 2.39. The van der Waals surface area contributed by atoms with Crippen molar-refractivity contribution >= 4 is 21.9 Å². The molecule has 0 unspecified atom stereocenters. The molecule has 1 aromatic carbocycles. The van der Waals surface area contributed by atoms with E-state index < -0.39 is 0 Å². The topological polar surface area (TPSA) is 35.5 Å². The first-order valence-electron chi connectivity index (χ1n) is 5.71. The van der Waals surface area contributed by atoms with Crippen molar-refractivity contribution in [3.8, 4) is 5.75 Å². The van der Waals surface area contributed by atoms with E-state index in [-0.39, 0.29) is 12.6 Å². The minimum absolute atomic E-state index is 0.0648. The van der Waals surface area contributed by atoms with Crippen molar-refractivity contribution in [1.29, 1.82) is 0 Å². The fourth-order valence-electron chi connectivity index (χ4n) is 1.14. The molecule has 0 aromatic heterocycles. The summed E-state index contributed by atoms with van der Waals surface area (Å²) in [6.07, 6.45) is 1.91. The fraction of sp³-hybridized carbons (Fsp3) is 0.357. The standard InChI is InChI=1S/C14H17BrO3/c1-3-11(2)9-18-14(16)10-17-13-6-4-12(8-15)5-7-13/h3-7H,8-10H2,1-2H3. The first kappa shape index (κ1) is 14.8. The van der Waals surface area contributed by atoms with E-state index in [2.05, 4.69) is 15.9 Å². The third-order valence-corrected chi connectivity index (χ3v) is 3.04. The van der Waals surface area contributed by atoms with E-state index in [9.17, 15) is 4.79 Å². The molecule has 0 heterocycles. The largest absolute Gasteiger partial charge is 0.482 e. The Bertz CT molecular complexity index is 410. The molecule has 0 radical (unpaired) electrons. The summed E-state index contributed by atoms with van der Waals surface area (Å²) >= 11 is 3.36. The Labute approximate surface area is 116 Å². The van der Waals surface area contributed by atoms with Gasteiger partial charge in [-0.3, -0.25) is 0 Å². The molecule has 0 spiro atoms. The minimum Gasteiger partial charge on any atom is -0.482 e. The van der Waals surface area contributed by atoms with Gasteiger partial charge in [-0.2, -0.15) is 0 Å². The number of hydrogen-bond acceptors (Lipinski definition) is 3. The van der Waals surface area contributed by atoms with Crippen LogP contribution in [0.1, 0.15) is 19.4 Å². The van der Waals surface area contributed by atoms with Crippen molar-refractivity contribution < 1.29 is 14.3 Å². The molecule has 3 nitrogen and oxygen atoms in total. The summed E-state index contributed by atoms with van der Waals surface area (Å²) in [6.45, 7) is 4.07. The van der Waals surface area contributed by atoms with Crippen LogP contribution in [0.2, 0.25) is 0 Å². The quantitative estimate of drug-likeness (QED) is 0.458. The van der Waals surface area contributed by atoms with E-state index in [0.29, 0.717) is 12.4 Å². The van der Waals surface area contributed by atoms with Gasteiger partial charge >= 0.3 is 5.97 Å². The minimum atomic E-state index is -0.360. The number of benzene rings is 1. The maximum absolute atomic E-state index is 11.4. The maximum atomic E-state index is 11.4. The van der Waals surface area contributed by atoms with Gasteiger partial charge in [0.15, 0.2) is 6.61 Å². The van der Waals surface area contributed by atoms with Crippen molar-refractivity contribution in [2.24, 2.45) is 0 Å². The van der Waals surface area contributed by atoms with Crippen molar-refractivity contribution in [2.45, 2.75) is 19.2 Å². The molecule has 0 amide bonds. The monoisotopic (exact) mass is 312 g/mol. The van der Waals surface area contributed by atoms with Crippen LogP contribution >= 0.6 is 15.9 Å². The molecular weight excluding hydrogens is 296 g/mol. The normalized spacial score (nSPS) is 11.2. The molecule has 0 aliphatic heterocycles. The lowest BCUT2D eigenvalue weighted by molar-refractivity contribution is -0.145. The molecule has 0 fully saturated rings. The van der Waals surface area contributed by atoms with E-state index in [1.54, 1.807) is 0 Å². The molecular formula is C14H17BrO3. The molecule has 18 heavy (non-hydrogen) atoms. The van der Waals surface area contributed by atoms with Crippen LogP contribution in [-0.4, -0.2) is 19.2 Å². The number of esters is 1. The molecule has 1 rings (SSSR count). The van der Waals surface area contributed by atoms with Gasteiger partial charge in [0.2, 0.25) is 0 Å². The zero-order valence-corrected chi connectivity index (χ0v) is 12.2. The summed E-state index contributed by atoms with van der Waals surface area (Å²) in [5, 5.41) is 0.804. The molecule has 4 heteroatoms. The van der Waals surface area contributed by atoms with Crippen molar-refractivity contribution in [2.75, 3.05) is 13.2 Å². The van der Waals surface area contributed by atoms with Gasteiger partial charge in [0, 0.05) is 5.33 Å². The van der Waals surface area contributed by atoms with Crippen LogP contribution in [0.25, 0.3) is 0 Å². The highest BCUT2D eigenvalue weighted by Crippen LogP contribution is 2.13. The molecule has 0 aliphatic rings. The highest BCUT2D eigenvalue weighted by Gasteiger charge is 2.04. The highest BCUT2D eigenvalue weighted by atomic mass is 79.9. The van der Waals surface area contributed by atoms with Crippen molar-refractivity contribution in [1.82, 2.24) is 0 Å². The van der Waals surface area contributed by atoms with Gasteiger partial charge in [0.05, 0.1) is 0 Å². The summed E-state index contributed by atoms with van der Waals surface area (Å²) in [4.78, 5) is 11.4. The first-order valence-corrected chi connectivity index (χ1v) is 6.83. The van der Waals surface area contributed by atoms with E-state index in [1.807, 2.05) is 44.2 Å². The number of ether oxygens (including phenoxy) is 2. The molecule has 1 aromatic rings. The number of carbonyl (C=O) groups excluding carboxylic acids is 1. The Kier molecular flexibility index (Phi) is 6.50. The lowest BCUT2D eigenvalue weighted by Crippen LogP contribution is -2.15. The predicted octanol–water partition coefficient (Wildman–Crippen LogP) is 3.47. The van der Waals surface area contributed by atoms with Gasteiger partial charge in [-0.15, -0.1) is 0 Å².